The maximum atomic E-state index is 13.6. The summed E-state index contributed by atoms with van der Waals surface area (Å²) in [5.74, 6) is 0. The first-order valence-electron chi connectivity index (χ1n) is 9.52. The van der Waals surface area contributed by atoms with E-state index < -0.39 is 19.7 Å². The van der Waals surface area contributed by atoms with Crippen molar-refractivity contribution < 1.29 is 16.8 Å². The van der Waals surface area contributed by atoms with Gasteiger partial charge in [0.05, 0.1) is 14.7 Å². The second-order valence-corrected chi connectivity index (χ2v) is 11.7. The topological polar surface area (TPSA) is 68.3 Å². The highest BCUT2D eigenvalue weighted by Crippen LogP contribution is 2.56. The smallest absolute Gasteiger partial charge is 0.209 e. The van der Waals surface area contributed by atoms with E-state index in [1.165, 1.54) is 6.07 Å². The molecule has 30 heavy (non-hydrogen) atoms. The van der Waals surface area contributed by atoms with E-state index >= 15 is 0 Å². The molecule has 0 aromatic heterocycles. The van der Waals surface area contributed by atoms with Crippen LogP contribution in [0.2, 0.25) is 0 Å². The number of sulfone groups is 2. The van der Waals surface area contributed by atoms with Crippen LogP contribution >= 0.6 is 0 Å². The van der Waals surface area contributed by atoms with Crippen LogP contribution in [0.1, 0.15) is 22.3 Å². The average Bonchev–Trinajstić information content (AvgIpc) is 3.07. The minimum Gasteiger partial charge on any atom is -0.218 e. The molecule has 4 aromatic carbocycles. The molecule has 2 aliphatic rings. The lowest BCUT2D eigenvalue weighted by Gasteiger charge is -2.12. The molecule has 4 aromatic rings. The van der Waals surface area contributed by atoms with Crippen molar-refractivity contribution in [3.8, 4) is 0 Å². The van der Waals surface area contributed by atoms with Crippen LogP contribution in [0.25, 0.3) is 31.4 Å². The van der Waals surface area contributed by atoms with Crippen LogP contribution in [0.5, 0.6) is 0 Å². The molecule has 0 spiro atoms. The van der Waals surface area contributed by atoms with Gasteiger partial charge in [-0.2, -0.15) is 0 Å². The van der Waals surface area contributed by atoms with Crippen molar-refractivity contribution in [2.45, 2.75) is 23.6 Å². The molecule has 0 N–H and O–H groups in total. The summed E-state index contributed by atoms with van der Waals surface area (Å²) in [5.41, 5.74) is 2.62. The van der Waals surface area contributed by atoms with Gasteiger partial charge in [-0.05, 0) is 53.6 Å². The van der Waals surface area contributed by atoms with Crippen molar-refractivity contribution in [1.29, 1.82) is 0 Å². The second kappa shape index (κ2) is 5.39. The van der Waals surface area contributed by atoms with Crippen LogP contribution in [0.4, 0.5) is 0 Å². The Kier molecular flexibility index (Phi) is 3.21. The normalized spacial score (nSPS) is 17.9. The van der Waals surface area contributed by atoms with E-state index in [4.69, 9.17) is 0 Å². The maximum absolute atomic E-state index is 13.6. The molecule has 4 nitrogen and oxygen atoms in total. The molecule has 0 saturated carbocycles. The summed E-state index contributed by atoms with van der Waals surface area (Å²) < 4.78 is 54.3. The van der Waals surface area contributed by atoms with Gasteiger partial charge in [0.2, 0.25) is 19.7 Å². The molecular formula is C24H16O4S2. The molecule has 0 fully saturated rings. The van der Waals surface area contributed by atoms with Crippen LogP contribution in [-0.4, -0.2) is 16.8 Å². The van der Waals surface area contributed by atoms with Crippen LogP contribution in [0.3, 0.4) is 0 Å². The zero-order chi connectivity index (χ0) is 21.0. The molecule has 0 amide bonds. The predicted molar refractivity (Wildman–Crippen MR) is 119 cm³/mol. The third-order valence-electron chi connectivity index (χ3n) is 6.03. The SMILES string of the molecule is Cc1ccc2cc3c(cc2c1)S(=O)(=O)C1=C3S(=O)(=O)c2ccc3cc(C)ccc3c21. The van der Waals surface area contributed by atoms with E-state index in [2.05, 4.69) is 0 Å². The fourth-order valence-corrected chi connectivity index (χ4v) is 9.00. The standard InChI is InChI=1S/C24H16O4S2/c1-13-3-5-15-11-19-21(12-17(15)10-13)30(27,28)24-22-18-7-4-14(2)9-16(18)6-8-20(22)29(25,26)23(19)24/h3-12H,1-2H3. The summed E-state index contributed by atoms with van der Waals surface area (Å²) in [7, 11) is -7.92. The molecule has 0 aliphatic carbocycles. The predicted octanol–water partition coefficient (Wildman–Crippen LogP) is 5.01. The lowest BCUT2D eigenvalue weighted by molar-refractivity contribution is 0.606. The fourth-order valence-electron chi connectivity index (χ4n) is 4.66. The minimum atomic E-state index is -3.97. The van der Waals surface area contributed by atoms with Gasteiger partial charge in [-0.15, -0.1) is 0 Å². The van der Waals surface area contributed by atoms with Gasteiger partial charge in [-0.1, -0.05) is 53.6 Å². The Balaban J connectivity index is 1.79. The van der Waals surface area contributed by atoms with E-state index in [9.17, 15) is 16.8 Å². The number of hydrogen-bond donors (Lipinski definition) is 0. The highest BCUT2D eigenvalue weighted by atomic mass is 32.2. The maximum Gasteiger partial charge on any atom is 0.209 e. The van der Waals surface area contributed by atoms with Crippen LogP contribution in [0.15, 0.2) is 70.5 Å². The summed E-state index contributed by atoms with van der Waals surface area (Å²) in [6, 6.07) is 17.9. The molecular weight excluding hydrogens is 416 g/mol. The van der Waals surface area contributed by atoms with Gasteiger partial charge in [-0.25, -0.2) is 16.8 Å². The summed E-state index contributed by atoms with van der Waals surface area (Å²) >= 11 is 0. The first kappa shape index (κ1) is 17.9. The van der Waals surface area contributed by atoms with Gasteiger partial charge in [0.15, 0.2) is 0 Å². The Labute approximate surface area is 174 Å². The van der Waals surface area contributed by atoms with Gasteiger partial charge >= 0.3 is 0 Å². The quantitative estimate of drug-likeness (QED) is 0.392. The second-order valence-electron chi connectivity index (χ2n) is 8.03. The van der Waals surface area contributed by atoms with Gasteiger partial charge in [0.1, 0.15) is 4.91 Å². The number of rotatable bonds is 0. The van der Waals surface area contributed by atoms with Crippen molar-refractivity contribution >= 4 is 51.0 Å². The molecule has 2 heterocycles. The molecule has 0 atom stereocenters. The molecule has 6 heteroatoms. The van der Waals surface area contributed by atoms with Crippen molar-refractivity contribution in [2.24, 2.45) is 0 Å². The van der Waals surface area contributed by atoms with Gasteiger partial charge in [0.25, 0.3) is 0 Å². The number of hydrogen-bond acceptors (Lipinski definition) is 4. The van der Waals surface area contributed by atoms with E-state index in [1.54, 1.807) is 18.2 Å². The number of benzene rings is 4. The highest BCUT2D eigenvalue weighted by molar-refractivity contribution is 8.08. The van der Waals surface area contributed by atoms with Crippen molar-refractivity contribution in [3.05, 3.63) is 82.9 Å². The molecule has 0 bridgehead atoms. The zero-order valence-electron chi connectivity index (χ0n) is 16.2. The summed E-state index contributed by atoms with van der Waals surface area (Å²) in [4.78, 5) is -0.0111. The monoisotopic (exact) mass is 432 g/mol. The fraction of sp³-hybridized carbons (Fsp3) is 0.0833. The molecule has 2 aliphatic heterocycles. The third-order valence-corrected chi connectivity index (χ3v) is 9.90. The van der Waals surface area contributed by atoms with Crippen molar-refractivity contribution in [2.75, 3.05) is 0 Å². The molecule has 148 valence electrons. The first-order valence-corrected chi connectivity index (χ1v) is 12.5. The van der Waals surface area contributed by atoms with Crippen LogP contribution in [0, 0.1) is 13.8 Å². The van der Waals surface area contributed by atoms with Gasteiger partial charge in [-0.3, -0.25) is 0 Å². The van der Waals surface area contributed by atoms with Crippen molar-refractivity contribution in [3.63, 3.8) is 0 Å². The lowest BCUT2D eigenvalue weighted by atomic mass is 10.0. The summed E-state index contributed by atoms with van der Waals surface area (Å²) in [6.45, 7) is 3.89. The first-order chi connectivity index (χ1) is 14.2. The van der Waals surface area contributed by atoms with Gasteiger partial charge < -0.3 is 0 Å². The summed E-state index contributed by atoms with van der Waals surface area (Å²) in [6.07, 6.45) is 0. The molecule has 0 radical (unpaired) electrons. The Morgan fingerprint density at radius 2 is 1.20 bits per heavy atom. The zero-order valence-corrected chi connectivity index (χ0v) is 17.9. The minimum absolute atomic E-state index is 0.0714. The van der Waals surface area contributed by atoms with Crippen LogP contribution < -0.4 is 0 Å². The third kappa shape index (κ3) is 2.05. The molecule has 0 saturated heterocycles. The Morgan fingerprint density at radius 3 is 1.97 bits per heavy atom. The summed E-state index contributed by atoms with van der Waals surface area (Å²) in [5, 5.41) is 3.06. The Bertz CT molecular complexity index is 1720. The molecule has 0 unspecified atom stereocenters. The average molecular weight is 433 g/mol. The van der Waals surface area contributed by atoms with E-state index in [0.717, 1.165) is 27.3 Å². The lowest BCUT2D eigenvalue weighted by Crippen LogP contribution is -2.05. The van der Waals surface area contributed by atoms with Crippen LogP contribution in [-0.2, 0) is 19.7 Å². The Morgan fingerprint density at radius 1 is 0.567 bits per heavy atom. The van der Waals surface area contributed by atoms with E-state index in [-0.39, 0.29) is 25.2 Å². The van der Waals surface area contributed by atoms with Crippen molar-refractivity contribution in [1.82, 2.24) is 0 Å². The largest absolute Gasteiger partial charge is 0.218 e. The Hall–Kier alpha value is -2.96. The number of aryl methyl sites for hydroxylation is 2. The molecule has 6 rings (SSSR count). The van der Waals surface area contributed by atoms with E-state index in [0.29, 0.717) is 10.9 Å². The number of fused-ring (bicyclic) bond motifs is 7. The van der Waals surface area contributed by atoms with E-state index in [1.807, 2.05) is 50.2 Å². The van der Waals surface area contributed by atoms with Gasteiger partial charge in [0, 0.05) is 11.1 Å². The highest BCUT2D eigenvalue weighted by Gasteiger charge is 2.49.